The van der Waals surface area contributed by atoms with Crippen molar-refractivity contribution >= 4 is 11.9 Å². The van der Waals surface area contributed by atoms with Crippen molar-refractivity contribution in [3.05, 3.63) is 17.5 Å². The van der Waals surface area contributed by atoms with Gasteiger partial charge in [-0.15, -0.1) is 0 Å². The van der Waals surface area contributed by atoms with E-state index >= 15 is 0 Å². The average molecular weight is 304 g/mol. The molecule has 1 aromatic heterocycles. The Bertz CT molecular complexity index is 495. The predicted octanol–water partition coefficient (Wildman–Crippen LogP) is 3.31. The fraction of sp³-hybridized carbons (Fsp3) is 0.706. The number of hydrogen-bond acceptors (Lipinski definition) is 4. The van der Waals surface area contributed by atoms with Gasteiger partial charge in [-0.3, -0.25) is 4.79 Å². The van der Waals surface area contributed by atoms with Gasteiger partial charge >= 0.3 is 0 Å². The number of carbonyl (C=O) groups excluding carboxylic acids is 1. The summed E-state index contributed by atoms with van der Waals surface area (Å²) in [6.07, 6.45) is 7.12. The molecule has 0 radical (unpaired) electrons. The Morgan fingerprint density at radius 1 is 1.27 bits per heavy atom. The van der Waals surface area contributed by atoms with Crippen LogP contribution in [0.4, 0.5) is 5.95 Å². The van der Waals surface area contributed by atoms with E-state index in [2.05, 4.69) is 34.4 Å². The maximum Gasteiger partial charge on any atom is 0.270 e. The van der Waals surface area contributed by atoms with Crippen LogP contribution in [0.15, 0.2) is 6.07 Å². The summed E-state index contributed by atoms with van der Waals surface area (Å²) in [7, 11) is 0. The standard InChI is InChI=1S/C17H28N4O/c1-12(2)9-10-18-16(22)15-11-13(3)19-17(21-15)20-14-7-5-4-6-8-14/h11-12,14H,4-10H2,1-3H3,(H,18,22)(H,19,20,21). The van der Waals surface area contributed by atoms with Gasteiger partial charge < -0.3 is 10.6 Å². The van der Waals surface area contributed by atoms with E-state index in [4.69, 9.17) is 0 Å². The third kappa shape index (κ3) is 5.28. The summed E-state index contributed by atoms with van der Waals surface area (Å²) in [6.45, 7) is 6.88. The molecule has 0 unspecified atom stereocenters. The molecule has 1 amide bonds. The van der Waals surface area contributed by atoms with E-state index in [1.54, 1.807) is 6.07 Å². The molecular weight excluding hydrogens is 276 g/mol. The molecule has 1 aliphatic carbocycles. The largest absolute Gasteiger partial charge is 0.351 e. The van der Waals surface area contributed by atoms with Gasteiger partial charge in [0.1, 0.15) is 5.69 Å². The van der Waals surface area contributed by atoms with Gasteiger partial charge in [-0.25, -0.2) is 9.97 Å². The van der Waals surface area contributed by atoms with Gasteiger partial charge in [-0.1, -0.05) is 33.1 Å². The van der Waals surface area contributed by atoms with E-state index in [0.29, 0.717) is 30.1 Å². The molecule has 0 aromatic carbocycles. The van der Waals surface area contributed by atoms with Gasteiger partial charge in [0.2, 0.25) is 5.95 Å². The molecular formula is C17H28N4O. The second-order valence-corrected chi connectivity index (χ2v) is 6.64. The van der Waals surface area contributed by atoms with Crippen LogP contribution in [0, 0.1) is 12.8 Å². The third-order valence-corrected chi connectivity index (χ3v) is 4.03. The van der Waals surface area contributed by atoms with E-state index < -0.39 is 0 Å². The predicted molar refractivity (Wildman–Crippen MR) is 89.1 cm³/mol. The summed E-state index contributed by atoms with van der Waals surface area (Å²) >= 11 is 0. The van der Waals surface area contributed by atoms with Gasteiger partial charge in [0.25, 0.3) is 5.91 Å². The highest BCUT2D eigenvalue weighted by Gasteiger charge is 2.16. The van der Waals surface area contributed by atoms with Gasteiger partial charge in [-0.2, -0.15) is 0 Å². The zero-order valence-corrected chi connectivity index (χ0v) is 14.0. The second-order valence-electron chi connectivity index (χ2n) is 6.64. The van der Waals surface area contributed by atoms with E-state index in [1.807, 2.05) is 6.92 Å². The zero-order chi connectivity index (χ0) is 15.9. The SMILES string of the molecule is Cc1cc(C(=O)NCCC(C)C)nc(NC2CCCCC2)n1. The number of rotatable bonds is 6. The Hall–Kier alpha value is -1.65. The van der Waals surface area contributed by atoms with Crippen molar-refractivity contribution in [1.29, 1.82) is 0 Å². The highest BCUT2D eigenvalue weighted by atomic mass is 16.1. The molecule has 0 bridgehead atoms. The molecule has 1 aliphatic rings. The molecule has 0 aliphatic heterocycles. The average Bonchev–Trinajstić information content (AvgIpc) is 2.47. The third-order valence-electron chi connectivity index (χ3n) is 4.03. The first-order chi connectivity index (χ1) is 10.5. The van der Waals surface area contributed by atoms with E-state index in [9.17, 15) is 4.79 Å². The number of aromatic nitrogens is 2. The minimum absolute atomic E-state index is 0.113. The van der Waals surface area contributed by atoms with E-state index in [0.717, 1.165) is 25.0 Å². The van der Waals surface area contributed by atoms with E-state index in [1.165, 1.54) is 19.3 Å². The maximum atomic E-state index is 12.2. The molecule has 5 heteroatoms. The van der Waals surface area contributed by atoms with Crippen molar-refractivity contribution in [2.24, 2.45) is 5.92 Å². The summed E-state index contributed by atoms with van der Waals surface area (Å²) in [5, 5.41) is 6.32. The fourth-order valence-electron chi connectivity index (χ4n) is 2.74. The van der Waals surface area contributed by atoms with Crippen LogP contribution in [0.3, 0.4) is 0 Å². The molecule has 1 heterocycles. The number of carbonyl (C=O) groups is 1. The molecule has 2 N–H and O–H groups in total. The topological polar surface area (TPSA) is 66.9 Å². The van der Waals surface area contributed by atoms with Crippen molar-refractivity contribution in [3.63, 3.8) is 0 Å². The van der Waals surface area contributed by atoms with Crippen molar-refractivity contribution in [2.45, 2.75) is 65.3 Å². The first-order valence-corrected chi connectivity index (χ1v) is 8.45. The Balaban J connectivity index is 1.97. The number of anilines is 1. The molecule has 1 saturated carbocycles. The zero-order valence-electron chi connectivity index (χ0n) is 14.0. The highest BCUT2D eigenvalue weighted by molar-refractivity contribution is 5.92. The summed E-state index contributed by atoms with van der Waals surface area (Å²) in [6, 6.07) is 2.18. The monoisotopic (exact) mass is 304 g/mol. The van der Waals surface area contributed by atoms with Crippen LogP contribution in [0.5, 0.6) is 0 Å². The molecule has 0 spiro atoms. The van der Waals surface area contributed by atoms with Gasteiger partial charge in [0.15, 0.2) is 0 Å². The Kier molecular flexibility index (Phi) is 6.16. The van der Waals surface area contributed by atoms with E-state index in [-0.39, 0.29) is 5.91 Å². The Labute approximate surface area is 133 Å². The minimum atomic E-state index is -0.113. The first kappa shape index (κ1) is 16.7. The smallest absolute Gasteiger partial charge is 0.270 e. The molecule has 5 nitrogen and oxygen atoms in total. The number of nitrogens with one attached hydrogen (secondary N) is 2. The van der Waals surface area contributed by atoms with Gasteiger partial charge in [0, 0.05) is 18.3 Å². The Morgan fingerprint density at radius 2 is 2.00 bits per heavy atom. The fourth-order valence-corrected chi connectivity index (χ4v) is 2.74. The van der Waals surface area contributed by atoms with Crippen LogP contribution in [-0.2, 0) is 0 Å². The summed E-state index contributed by atoms with van der Waals surface area (Å²) in [5.74, 6) is 1.05. The lowest BCUT2D eigenvalue weighted by Gasteiger charge is -2.23. The van der Waals surface area contributed by atoms with Crippen LogP contribution in [0.2, 0.25) is 0 Å². The van der Waals surface area contributed by atoms with Crippen LogP contribution in [-0.4, -0.2) is 28.5 Å². The summed E-state index contributed by atoms with van der Waals surface area (Å²) in [5.41, 5.74) is 1.27. The van der Waals surface area contributed by atoms with Crippen molar-refractivity contribution in [2.75, 3.05) is 11.9 Å². The first-order valence-electron chi connectivity index (χ1n) is 8.45. The van der Waals surface area contributed by atoms with Crippen LogP contribution in [0.25, 0.3) is 0 Å². The van der Waals surface area contributed by atoms with Gasteiger partial charge in [-0.05, 0) is 38.2 Å². The lowest BCUT2D eigenvalue weighted by molar-refractivity contribution is 0.0947. The summed E-state index contributed by atoms with van der Waals surface area (Å²) in [4.78, 5) is 21.0. The highest BCUT2D eigenvalue weighted by Crippen LogP contribution is 2.20. The second kappa shape index (κ2) is 8.11. The number of amides is 1. The molecule has 0 saturated heterocycles. The van der Waals surface area contributed by atoms with Crippen LogP contribution >= 0.6 is 0 Å². The lowest BCUT2D eigenvalue weighted by atomic mass is 9.96. The summed E-state index contributed by atoms with van der Waals surface area (Å²) < 4.78 is 0. The van der Waals surface area contributed by atoms with Crippen molar-refractivity contribution in [1.82, 2.24) is 15.3 Å². The normalized spacial score (nSPS) is 15.8. The van der Waals surface area contributed by atoms with Crippen LogP contribution in [0.1, 0.15) is 68.6 Å². The van der Waals surface area contributed by atoms with Gasteiger partial charge in [0.05, 0.1) is 0 Å². The molecule has 122 valence electrons. The molecule has 1 aromatic rings. The lowest BCUT2D eigenvalue weighted by Crippen LogP contribution is -2.28. The molecule has 22 heavy (non-hydrogen) atoms. The maximum absolute atomic E-state index is 12.2. The Morgan fingerprint density at radius 3 is 2.68 bits per heavy atom. The quantitative estimate of drug-likeness (QED) is 0.846. The van der Waals surface area contributed by atoms with Crippen molar-refractivity contribution in [3.8, 4) is 0 Å². The molecule has 0 atom stereocenters. The van der Waals surface area contributed by atoms with Crippen LogP contribution < -0.4 is 10.6 Å². The molecule has 1 fully saturated rings. The number of aryl methyl sites for hydroxylation is 1. The number of nitrogens with zero attached hydrogens (tertiary/aromatic N) is 2. The van der Waals surface area contributed by atoms with Crippen molar-refractivity contribution < 1.29 is 4.79 Å². The molecule has 2 rings (SSSR count). The number of hydrogen-bond donors (Lipinski definition) is 2. The minimum Gasteiger partial charge on any atom is -0.351 e.